The van der Waals surface area contributed by atoms with Crippen molar-refractivity contribution in [2.45, 2.75) is 39.3 Å². The lowest BCUT2D eigenvalue weighted by atomic mass is 9.91. The molecule has 16 heavy (non-hydrogen) atoms. The average molecular weight is 222 g/mol. The van der Waals surface area contributed by atoms with Crippen LogP contribution in [-0.4, -0.2) is 17.5 Å². The maximum absolute atomic E-state index is 9.83. The molecule has 3 heteroatoms. The van der Waals surface area contributed by atoms with Crippen LogP contribution in [0.25, 0.3) is 0 Å². The zero-order chi connectivity index (χ0) is 11.7. The van der Waals surface area contributed by atoms with E-state index in [1.165, 1.54) is 0 Å². The number of para-hydroxylation sites is 1. The Balaban J connectivity index is 2.29. The molecule has 2 rings (SSSR count). The molecule has 1 saturated heterocycles. The van der Waals surface area contributed by atoms with Gasteiger partial charge >= 0.3 is 0 Å². The molecule has 1 aliphatic heterocycles. The van der Waals surface area contributed by atoms with Crippen molar-refractivity contribution in [3.05, 3.63) is 29.8 Å². The van der Waals surface area contributed by atoms with E-state index < -0.39 is 0 Å². The Bertz CT molecular complexity index is 364. The zero-order valence-corrected chi connectivity index (χ0v) is 9.88. The summed E-state index contributed by atoms with van der Waals surface area (Å²) in [6.45, 7) is 6.00. The number of aromatic hydroxyl groups is 1. The highest BCUT2D eigenvalue weighted by Crippen LogP contribution is 2.38. The number of hydrogen-bond acceptors (Lipinski definition) is 3. The van der Waals surface area contributed by atoms with Gasteiger partial charge in [-0.15, -0.1) is 0 Å². The largest absolute Gasteiger partial charge is 0.508 e. The topological polar surface area (TPSA) is 38.7 Å². The Morgan fingerprint density at radius 3 is 2.44 bits per heavy atom. The van der Waals surface area contributed by atoms with E-state index in [2.05, 4.69) is 6.92 Å². The first-order chi connectivity index (χ1) is 7.59. The number of rotatable bonds is 1. The molecule has 1 fully saturated rings. The van der Waals surface area contributed by atoms with Gasteiger partial charge in [-0.05, 0) is 19.9 Å². The monoisotopic (exact) mass is 222 g/mol. The van der Waals surface area contributed by atoms with Gasteiger partial charge in [0, 0.05) is 11.5 Å². The standard InChI is InChI=1S/C13H18O3/c1-8-9(2)15-10(3)16-13(8)11-6-4-5-7-12(11)14/h4-10,13-14H,1-3H3/t8-,9+,10-,13+/m0/s1. The average Bonchev–Trinajstić information content (AvgIpc) is 2.24. The van der Waals surface area contributed by atoms with Crippen LogP contribution in [0.3, 0.4) is 0 Å². The molecule has 0 bridgehead atoms. The van der Waals surface area contributed by atoms with Crippen molar-refractivity contribution in [3.63, 3.8) is 0 Å². The van der Waals surface area contributed by atoms with Gasteiger partial charge in [-0.25, -0.2) is 0 Å². The summed E-state index contributed by atoms with van der Waals surface area (Å²) >= 11 is 0. The summed E-state index contributed by atoms with van der Waals surface area (Å²) in [4.78, 5) is 0. The molecule has 0 amide bonds. The summed E-state index contributed by atoms with van der Waals surface area (Å²) in [5.41, 5.74) is 0.844. The fraction of sp³-hybridized carbons (Fsp3) is 0.538. The molecule has 1 aromatic carbocycles. The quantitative estimate of drug-likeness (QED) is 0.794. The Hall–Kier alpha value is -1.06. The third-order valence-corrected chi connectivity index (χ3v) is 3.21. The molecule has 1 aromatic rings. The highest BCUT2D eigenvalue weighted by molar-refractivity contribution is 5.34. The minimum atomic E-state index is -0.226. The third kappa shape index (κ3) is 2.06. The van der Waals surface area contributed by atoms with Crippen LogP contribution in [0.15, 0.2) is 24.3 Å². The number of hydrogen-bond donors (Lipinski definition) is 1. The Kier molecular flexibility index (Phi) is 3.17. The van der Waals surface area contributed by atoms with E-state index in [0.717, 1.165) is 5.56 Å². The lowest BCUT2D eigenvalue weighted by Gasteiger charge is -2.38. The van der Waals surface area contributed by atoms with Crippen molar-refractivity contribution in [3.8, 4) is 5.75 Å². The highest BCUT2D eigenvalue weighted by atomic mass is 16.7. The van der Waals surface area contributed by atoms with Gasteiger partial charge in [0.2, 0.25) is 0 Å². The second-order valence-electron chi connectivity index (χ2n) is 4.38. The van der Waals surface area contributed by atoms with Crippen molar-refractivity contribution >= 4 is 0 Å². The first-order valence-electron chi connectivity index (χ1n) is 5.68. The van der Waals surface area contributed by atoms with Gasteiger partial charge in [-0.1, -0.05) is 25.1 Å². The van der Waals surface area contributed by atoms with Crippen molar-refractivity contribution in [2.75, 3.05) is 0 Å². The molecule has 1 heterocycles. The molecule has 0 aromatic heterocycles. The fourth-order valence-corrected chi connectivity index (χ4v) is 2.12. The summed E-state index contributed by atoms with van der Waals surface area (Å²) in [5, 5.41) is 9.83. The van der Waals surface area contributed by atoms with E-state index >= 15 is 0 Å². The number of benzene rings is 1. The van der Waals surface area contributed by atoms with Gasteiger partial charge in [0.25, 0.3) is 0 Å². The number of phenolic OH excluding ortho intramolecular Hbond substituents is 1. The van der Waals surface area contributed by atoms with Crippen LogP contribution in [0.1, 0.15) is 32.4 Å². The molecule has 0 aliphatic carbocycles. The van der Waals surface area contributed by atoms with Gasteiger partial charge < -0.3 is 14.6 Å². The zero-order valence-electron chi connectivity index (χ0n) is 9.88. The summed E-state index contributed by atoms with van der Waals surface area (Å²) in [5.74, 6) is 0.519. The van der Waals surface area contributed by atoms with Crippen LogP contribution in [0.2, 0.25) is 0 Å². The third-order valence-electron chi connectivity index (χ3n) is 3.21. The second kappa shape index (κ2) is 4.44. The number of phenols is 1. The van der Waals surface area contributed by atoms with Crippen molar-refractivity contribution in [2.24, 2.45) is 5.92 Å². The molecule has 3 nitrogen and oxygen atoms in total. The lowest BCUT2D eigenvalue weighted by Crippen LogP contribution is -2.37. The SMILES string of the molecule is C[C@H]1O[C@H](C)[C@H](C)[C@H](c2ccccc2O)O1. The minimum absolute atomic E-state index is 0.0973. The summed E-state index contributed by atoms with van der Waals surface area (Å²) in [6, 6.07) is 7.32. The first kappa shape index (κ1) is 11.4. The highest BCUT2D eigenvalue weighted by Gasteiger charge is 2.34. The van der Waals surface area contributed by atoms with Crippen LogP contribution >= 0.6 is 0 Å². The molecule has 0 spiro atoms. The van der Waals surface area contributed by atoms with E-state index in [9.17, 15) is 5.11 Å². The molecule has 0 saturated carbocycles. The van der Waals surface area contributed by atoms with Gasteiger partial charge in [0.05, 0.1) is 12.2 Å². The second-order valence-corrected chi connectivity index (χ2v) is 4.38. The Morgan fingerprint density at radius 2 is 1.75 bits per heavy atom. The summed E-state index contributed by atoms with van der Waals surface area (Å²) < 4.78 is 11.3. The van der Waals surface area contributed by atoms with Crippen molar-refractivity contribution in [1.82, 2.24) is 0 Å². The van der Waals surface area contributed by atoms with Gasteiger partial charge in [0.1, 0.15) is 5.75 Å². The number of ether oxygens (including phenoxy) is 2. The predicted octanol–water partition coefficient (Wildman–Crippen LogP) is 2.85. The van der Waals surface area contributed by atoms with Gasteiger partial charge in [-0.2, -0.15) is 0 Å². The molecule has 88 valence electrons. The minimum Gasteiger partial charge on any atom is -0.508 e. The molecule has 0 radical (unpaired) electrons. The molecule has 1 N–H and O–H groups in total. The van der Waals surface area contributed by atoms with Crippen molar-refractivity contribution < 1.29 is 14.6 Å². The van der Waals surface area contributed by atoms with Crippen LogP contribution < -0.4 is 0 Å². The van der Waals surface area contributed by atoms with Crippen LogP contribution in [0.4, 0.5) is 0 Å². The Labute approximate surface area is 96.0 Å². The molecular formula is C13H18O3. The fourth-order valence-electron chi connectivity index (χ4n) is 2.12. The van der Waals surface area contributed by atoms with E-state index in [1.807, 2.05) is 32.0 Å². The van der Waals surface area contributed by atoms with Gasteiger partial charge in [-0.3, -0.25) is 0 Å². The smallest absolute Gasteiger partial charge is 0.156 e. The van der Waals surface area contributed by atoms with E-state index in [0.29, 0.717) is 5.75 Å². The van der Waals surface area contributed by atoms with Crippen LogP contribution in [0, 0.1) is 5.92 Å². The lowest BCUT2D eigenvalue weighted by molar-refractivity contribution is -0.256. The molecule has 0 unspecified atom stereocenters. The van der Waals surface area contributed by atoms with Crippen LogP contribution in [0.5, 0.6) is 5.75 Å². The predicted molar refractivity (Wildman–Crippen MR) is 61.1 cm³/mol. The Morgan fingerprint density at radius 1 is 1.06 bits per heavy atom. The molecule has 4 atom stereocenters. The summed E-state index contributed by atoms with van der Waals surface area (Å²) in [7, 11) is 0. The summed E-state index contributed by atoms with van der Waals surface area (Å²) in [6.07, 6.45) is -0.191. The van der Waals surface area contributed by atoms with Crippen molar-refractivity contribution in [1.29, 1.82) is 0 Å². The normalized spacial score (nSPS) is 34.9. The van der Waals surface area contributed by atoms with Gasteiger partial charge in [0.15, 0.2) is 6.29 Å². The molecule has 1 aliphatic rings. The first-order valence-corrected chi connectivity index (χ1v) is 5.68. The van der Waals surface area contributed by atoms with Crippen LogP contribution in [-0.2, 0) is 9.47 Å². The molecular weight excluding hydrogens is 204 g/mol. The van der Waals surface area contributed by atoms with E-state index in [1.54, 1.807) is 6.07 Å². The maximum Gasteiger partial charge on any atom is 0.156 e. The maximum atomic E-state index is 9.83. The van der Waals surface area contributed by atoms with E-state index in [-0.39, 0.29) is 24.4 Å². The van der Waals surface area contributed by atoms with E-state index in [4.69, 9.17) is 9.47 Å².